The fourth-order valence-corrected chi connectivity index (χ4v) is 8.33. The standard InChI is InChI=1S/C46H52N4/c1-3-5-7-9-11-13-15-33-17-27-45(47-33)49-31-29-41-39-21-19-36-35(37(39)23-25-43(41)49)20-22-40-38(36)24-26-44-42(40)30-32-50(44)46-28-18-34(48-46)16-14-12-10-8-6-4-2/h17-32,47-48H,3-16H2,1-2H3. The summed E-state index contributed by atoms with van der Waals surface area (Å²) in [5, 5.41) is 10.5. The molecule has 0 amide bonds. The molecule has 4 aromatic carbocycles. The molecular formula is C46H52N4. The maximum Gasteiger partial charge on any atom is 0.114 e. The highest BCUT2D eigenvalue weighted by molar-refractivity contribution is 6.24. The normalized spacial score (nSPS) is 12.1. The van der Waals surface area contributed by atoms with Crippen molar-refractivity contribution in [2.45, 2.75) is 104 Å². The Hall–Kier alpha value is -4.70. The monoisotopic (exact) mass is 660 g/mol. The summed E-state index contributed by atoms with van der Waals surface area (Å²) in [5.41, 5.74) is 5.16. The Balaban J connectivity index is 1.05. The fourth-order valence-electron chi connectivity index (χ4n) is 8.33. The lowest BCUT2D eigenvalue weighted by molar-refractivity contribution is 0.605. The number of hydrogen-bond acceptors (Lipinski definition) is 0. The van der Waals surface area contributed by atoms with Gasteiger partial charge in [0.1, 0.15) is 11.6 Å². The lowest BCUT2D eigenvalue weighted by Crippen LogP contribution is -1.94. The van der Waals surface area contributed by atoms with E-state index in [1.165, 1.54) is 143 Å². The first-order valence-electron chi connectivity index (χ1n) is 19.5. The highest BCUT2D eigenvalue weighted by Crippen LogP contribution is 2.38. The number of H-pyrrole nitrogens is 2. The summed E-state index contributed by atoms with van der Waals surface area (Å²) in [6, 6.07) is 32.2. The Morgan fingerprint density at radius 2 is 0.720 bits per heavy atom. The number of aromatic amines is 2. The molecule has 0 aliphatic heterocycles. The van der Waals surface area contributed by atoms with Crippen LogP contribution in [0.3, 0.4) is 0 Å². The van der Waals surface area contributed by atoms with Crippen molar-refractivity contribution in [2.75, 3.05) is 0 Å². The Bertz CT molecular complexity index is 2210. The van der Waals surface area contributed by atoms with Gasteiger partial charge in [-0.15, -0.1) is 0 Å². The molecule has 4 aromatic heterocycles. The van der Waals surface area contributed by atoms with Crippen LogP contribution in [-0.4, -0.2) is 19.1 Å². The van der Waals surface area contributed by atoms with Crippen molar-refractivity contribution in [1.82, 2.24) is 19.1 Å². The Kier molecular flexibility index (Phi) is 9.52. The van der Waals surface area contributed by atoms with E-state index in [2.05, 4.69) is 130 Å². The molecule has 4 nitrogen and oxygen atoms in total. The number of hydrogen-bond donors (Lipinski definition) is 2. The van der Waals surface area contributed by atoms with E-state index in [1.54, 1.807) is 0 Å². The highest BCUT2D eigenvalue weighted by Gasteiger charge is 2.14. The molecule has 4 heterocycles. The van der Waals surface area contributed by atoms with Gasteiger partial charge in [-0.1, -0.05) is 114 Å². The van der Waals surface area contributed by atoms with Gasteiger partial charge in [-0.25, -0.2) is 0 Å². The van der Waals surface area contributed by atoms with Crippen LogP contribution < -0.4 is 0 Å². The number of unbranched alkanes of at least 4 members (excludes halogenated alkanes) is 10. The summed E-state index contributed by atoms with van der Waals surface area (Å²) >= 11 is 0. The zero-order valence-electron chi connectivity index (χ0n) is 30.0. The Morgan fingerprint density at radius 1 is 0.360 bits per heavy atom. The molecular weight excluding hydrogens is 609 g/mol. The van der Waals surface area contributed by atoms with E-state index in [0.29, 0.717) is 0 Å². The molecule has 0 atom stereocenters. The molecule has 0 saturated carbocycles. The van der Waals surface area contributed by atoms with Crippen LogP contribution in [0.15, 0.2) is 97.3 Å². The van der Waals surface area contributed by atoms with Crippen LogP contribution in [0, 0.1) is 0 Å². The highest BCUT2D eigenvalue weighted by atomic mass is 15.1. The van der Waals surface area contributed by atoms with Crippen LogP contribution in [-0.2, 0) is 12.8 Å². The van der Waals surface area contributed by atoms with Gasteiger partial charge in [-0.05, 0) is 107 Å². The first kappa shape index (κ1) is 32.5. The predicted octanol–water partition coefficient (Wildman–Crippen LogP) is 13.5. The first-order valence-corrected chi connectivity index (χ1v) is 19.5. The van der Waals surface area contributed by atoms with Gasteiger partial charge in [0, 0.05) is 34.6 Å². The number of benzene rings is 4. The summed E-state index contributed by atoms with van der Waals surface area (Å²) in [5.74, 6) is 2.30. The minimum absolute atomic E-state index is 1.12. The van der Waals surface area contributed by atoms with Gasteiger partial charge in [0.15, 0.2) is 0 Å². The van der Waals surface area contributed by atoms with E-state index in [1.807, 2.05) is 0 Å². The topological polar surface area (TPSA) is 41.4 Å². The molecule has 0 unspecified atom stereocenters. The minimum atomic E-state index is 1.12. The average Bonchev–Trinajstić information content (AvgIpc) is 3.97. The van der Waals surface area contributed by atoms with Crippen LogP contribution >= 0.6 is 0 Å². The van der Waals surface area contributed by atoms with Crippen molar-refractivity contribution in [3.05, 3.63) is 109 Å². The smallest absolute Gasteiger partial charge is 0.114 e. The van der Waals surface area contributed by atoms with Gasteiger partial charge < -0.3 is 19.1 Å². The zero-order valence-corrected chi connectivity index (χ0v) is 30.0. The molecule has 0 spiro atoms. The SMILES string of the molecule is CCCCCCCCc1ccc(-n2ccc3c4ccc5c(ccc6c5ccc5c6ccn5-c5ccc(CCCCCCCC)[nH]5)c4ccc32)[nH]1. The van der Waals surface area contributed by atoms with E-state index in [0.717, 1.165) is 24.5 Å². The minimum Gasteiger partial charge on any atom is -0.345 e. The molecule has 256 valence electrons. The van der Waals surface area contributed by atoms with Crippen LogP contribution in [0.1, 0.15) is 102 Å². The summed E-state index contributed by atoms with van der Waals surface area (Å²) < 4.78 is 4.63. The zero-order chi connectivity index (χ0) is 33.9. The molecule has 0 aliphatic carbocycles. The van der Waals surface area contributed by atoms with Crippen LogP contribution in [0.25, 0.3) is 65.8 Å². The Labute approximate surface area is 296 Å². The third kappa shape index (κ3) is 6.25. The molecule has 0 fully saturated rings. The van der Waals surface area contributed by atoms with Crippen molar-refractivity contribution in [2.24, 2.45) is 0 Å². The maximum absolute atomic E-state index is 3.71. The number of fused-ring (bicyclic) bond motifs is 9. The Morgan fingerprint density at radius 3 is 1.14 bits per heavy atom. The van der Waals surface area contributed by atoms with Crippen molar-refractivity contribution in [1.29, 1.82) is 0 Å². The summed E-state index contributed by atoms with van der Waals surface area (Å²) in [6.07, 6.45) is 22.6. The summed E-state index contributed by atoms with van der Waals surface area (Å²) in [4.78, 5) is 7.42. The van der Waals surface area contributed by atoms with Gasteiger partial charge in [-0.3, -0.25) is 0 Å². The molecule has 2 N–H and O–H groups in total. The molecule has 8 rings (SSSR count). The molecule has 50 heavy (non-hydrogen) atoms. The molecule has 0 aliphatic rings. The van der Waals surface area contributed by atoms with Crippen molar-refractivity contribution in [3.63, 3.8) is 0 Å². The lowest BCUT2D eigenvalue weighted by Gasteiger charge is -2.11. The quantitative estimate of drug-likeness (QED) is 0.0765. The van der Waals surface area contributed by atoms with Crippen LogP contribution in [0.4, 0.5) is 0 Å². The third-order valence-corrected chi connectivity index (χ3v) is 11.1. The molecule has 0 bridgehead atoms. The van der Waals surface area contributed by atoms with Gasteiger partial charge in [-0.2, -0.15) is 0 Å². The van der Waals surface area contributed by atoms with Crippen molar-refractivity contribution < 1.29 is 0 Å². The van der Waals surface area contributed by atoms with Gasteiger partial charge in [0.2, 0.25) is 0 Å². The van der Waals surface area contributed by atoms with Gasteiger partial charge in [0.25, 0.3) is 0 Å². The van der Waals surface area contributed by atoms with Gasteiger partial charge >= 0.3 is 0 Å². The van der Waals surface area contributed by atoms with E-state index in [4.69, 9.17) is 0 Å². The van der Waals surface area contributed by atoms with Crippen molar-refractivity contribution in [3.8, 4) is 11.6 Å². The predicted molar refractivity (Wildman–Crippen MR) is 215 cm³/mol. The maximum atomic E-state index is 3.71. The first-order chi connectivity index (χ1) is 24.7. The molecule has 4 heteroatoms. The van der Waals surface area contributed by atoms with Crippen LogP contribution in [0.5, 0.6) is 0 Å². The number of nitrogens with one attached hydrogen (secondary N) is 2. The molecule has 0 saturated heterocycles. The number of aromatic nitrogens is 4. The third-order valence-electron chi connectivity index (χ3n) is 11.1. The average molecular weight is 661 g/mol. The van der Waals surface area contributed by atoms with E-state index in [9.17, 15) is 0 Å². The summed E-state index contributed by atoms with van der Waals surface area (Å²) in [6.45, 7) is 4.56. The van der Waals surface area contributed by atoms with E-state index < -0.39 is 0 Å². The number of aryl methyl sites for hydroxylation is 2. The summed E-state index contributed by atoms with van der Waals surface area (Å²) in [7, 11) is 0. The van der Waals surface area contributed by atoms with Gasteiger partial charge in [0.05, 0.1) is 11.0 Å². The number of rotatable bonds is 16. The molecule has 8 aromatic rings. The second-order valence-corrected chi connectivity index (χ2v) is 14.6. The largest absolute Gasteiger partial charge is 0.345 e. The second-order valence-electron chi connectivity index (χ2n) is 14.6. The van der Waals surface area contributed by atoms with Crippen molar-refractivity contribution >= 4 is 54.1 Å². The van der Waals surface area contributed by atoms with E-state index >= 15 is 0 Å². The van der Waals surface area contributed by atoms with E-state index in [-0.39, 0.29) is 0 Å². The number of nitrogens with zero attached hydrogens (tertiary/aromatic N) is 2. The fraction of sp³-hybridized carbons (Fsp3) is 0.348. The lowest BCUT2D eigenvalue weighted by atomic mass is 9.94. The molecule has 0 radical (unpaired) electrons. The second kappa shape index (κ2) is 14.6. The van der Waals surface area contributed by atoms with Crippen LogP contribution in [0.2, 0.25) is 0 Å².